The molecule has 8 atom stereocenters. The zero-order valence-electron chi connectivity index (χ0n) is 27.3. The van der Waals surface area contributed by atoms with Crippen LogP contribution in [-0.2, 0) is 24.1 Å². The molecule has 0 bridgehead atoms. The van der Waals surface area contributed by atoms with Crippen molar-refractivity contribution >= 4 is 21.4 Å². The molecule has 6 rings (SSSR count). The Morgan fingerprint density at radius 3 is 2.08 bits per heavy atom. The molecule has 0 spiro atoms. The molecule has 0 radical (unpaired) electrons. The average Bonchev–Trinajstić information content (AvgIpc) is 3.12. The van der Waals surface area contributed by atoms with E-state index in [9.17, 15) is 47.5 Å². The summed E-state index contributed by atoms with van der Waals surface area (Å²) in [6.07, 6.45) is -9.06. The van der Waals surface area contributed by atoms with Crippen LogP contribution in [0.5, 0.6) is 5.75 Å². The van der Waals surface area contributed by atoms with E-state index in [0.29, 0.717) is 22.4 Å². The summed E-state index contributed by atoms with van der Waals surface area (Å²) in [4.78, 5) is 14.9. The van der Waals surface area contributed by atoms with Gasteiger partial charge >= 0.3 is 0 Å². The van der Waals surface area contributed by atoms with Crippen molar-refractivity contribution in [2.45, 2.75) is 60.6 Å². The quantitative estimate of drug-likeness (QED) is 0.143. The molecule has 51 heavy (non-hydrogen) atoms. The van der Waals surface area contributed by atoms with Crippen LogP contribution in [-0.4, -0.2) is 83.4 Å². The summed E-state index contributed by atoms with van der Waals surface area (Å²) in [7, 11) is -3.26. The summed E-state index contributed by atoms with van der Waals surface area (Å²) in [5, 5.41) is 52.2. The van der Waals surface area contributed by atoms with Crippen LogP contribution in [0.2, 0.25) is 0 Å². The summed E-state index contributed by atoms with van der Waals surface area (Å²) >= 11 is 0. The number of amides is 1. The van der Waals surface area contributed by atoms with Crippen molar-refractivity contribution in [2.75, 3.05) is 17.8 Å². The summed E-state index contributed by atoms with van der Waals surface area (Å²) < 4.78 is 67.0. The molecule has 270 valence electrons. The lowest BCUT2D eigenvalue weighted by Crippen LogP contribution is -2.59. The molecule has 4 aromatic carbocycles. The lowest BCUT2D eigenvalue weighted by Gasteiger charge is -2.48. The Balaban J connectivity index is 1.42. The van der Waals surface area contributed by atoms with E-state index in [1.165, 1.54) is 78.7 Å². The van der Waals surface area contributed by atoms with Crippen molar-refractivity contribution in [3.8, 4) is 16.9 Å². The number of carbonyl (C=O) groups is 1. The van der Waals surface area contributed by atoms with Gasteiger partial charge < -0.3 is 39.9 Å². The van der Waals surface area contributed by atoms with E-state index < -0.39 is 81.9 Å². The smallest absolute Gasteiger partial charge is 0.233 e. The third-order valence-electron chi connectivity index (χ3n) is 9.48. The molecular weight excluding hydrogens is 688 g/mol. The number of benzene rings is 4. The number of sulfone groups is 1. The average molecular weight is 726 g/mol. The first-order chi connectivity index (χ1) is 24.3. The van der Waals surface area contributed by atoms with Gasteiger partial charge in [-0.3, -0.25) is 4.79 Å². The second kappa shape index (κ2) is 14.8. The largest absolute Gasteiger partial charge is 0.508 e. The van der Waals surface area contributed by atoms with E-state index in [2.05, 4.69) is 0 Å². The van der Waals surface area contributed by atoms with E-state index in [0.717, 1.165) is 0 Å². The Morgan fingerprint density at radius 2 is 1.45 bits per heavy atom. The summed E-state index contributed by atoms with van der Waals surface area (Å²) in [5.74, 6) is -3.12. The summed E-state index contributed by atoms with van der Waals surface area (Å²) in [6, 6.07) is 20.2. The maximum absolute atomic E-state index is 14.4. The molecule has 0 aliphatic carbocycles. The standard InChI is InChI=1S/C37H37F2NO10S/c1-49-37-35(45)34(44)33(43)30(50-37)19-51(47,48)31-18-22(20-4-13-26(41)14-5-20)6-15-27(31)32-28(16-17-29(42)21-2-7-23(38)8-3-21)36(46)40(32)25-11-9-24(39)10-12-25/h2-15,18,28-30,32-35,37,41-45H,16-17,19H2,1H3. The number of hydrogen-bond donors (Lipinski definition) is 5. The first kappa shape index (κ1) is 36.5. The van der Waals surface area contributed by atoms with Crippen molar-refractivity contribution in [3.63, 3.8) is 0 Å². The molecule has 2 heterocycles. The number of anilines is 1. The van der Waals surface area contributed by atoms with Crippen LogP contribution in [0.3, 0.4) is 0 Å². The number of rotatable bonds is 11. The molecule has 5 N–H and O–H groups in total. The van der Waals surface area contributed by atoms with Gasteiger partial charge in [-0.25, -0.2) is 17.2 Å². The van der Waals surface area contributed by atoms with Crippen LogP contribution < -0.4 is 4.90 Å². The van der Waals surface area contributed by atoms with Crippen molar-refractivity contribution < 1.29 is 57.0 Å². The molecular formula is C37H37F2NO10S. The molecule has 2 fully saturated rings. The van der Waals surface area contributed by atoms with Crippen molar-refractivity contribution in [1.82, 2.24) is 0 Å². The van der Waals surface area contributed by atoms with E-state index >= 15 is 0 Å². The molecule has 11 nitrogen and oxygen atoms in total. The van der Waals surface area contributed by atoms with E-state index in [-0.39, 0.29) is 29.1 Å². The van der Waals surface area contributed by atoms with Gasteiger partial charge in [0.1, 0.15) is 41.8 Å². The van der Waals surface area contributed by atoms with Gasteiger partial charge in [-0.15, -0.1) is 0 Å². The van der Waals surface area contributed by atoms with Gasteiger partial charge in [0.15, 0.2) is 16.1 Å². The predicted molar refractivity (Wildman–Crippen MR) is 180 cm³/mol. The molecule has 1 amide bonds. The monoisotopic (exact) mass is 725 g/mol. The highest BCUT2D eigenvalue weighted by atomic mass is 32.2. The molecule has 2 aliphatic rings. The summed E-state index contributed by atoms with van der Waals surface area (Å²) in [6.45, 7) is 0. The van der Waals surface area contributed by atoms with Gasteiger partial charge in [0.2, 0.25) is 5.91 Å². The van der Waals surface area contributed by atoms with Crippen LogP contribution in [0, 0.1) is 17.6 Å². The first-order valence-electron chi connectivity index (χ1n) is 16.2. The van der Waals surface area contributed by atoms with Gasteiger partial charge in [-0.2, -0.15) is 0 Å². The lowest BCUT2D eigenvalue weighted by molar-refractivity contribution is -0.285. The van der Waals surface area contributed by atoms with Crippen molar-refractivity contribution in [3.05, 3.63) is 114 Å². The van der Waals surface area contributed by atoms with Crippen LogP contribution in [0.4, 0.5) is 14.5 Å². The second-order valence-electron chi connectivity index (χ2n) is 12.7. The van der Waals surface area contributed by atoms with Gasteiger partial charge in [-0.05, 0) is 89.7 Å². The van der Waals surface area contributed by atoms with Gasteiger partial charge in [0, 0.05) is 12.8 Å². The highest BCUT2D eigenvalue weighted by Gasteiger charge is 2.51. The van der Waals surface area contributed by atoms with Crippen LogP contribution in [0.25, 0.3) is 11.1 Å². The lowest BCUT2D eigenvalue weighted by atomic mass is 9.78. The third kappa shape index (κ3) is 7.39. The van der Waals surface area contributed by atoms with Crippen LogP contribution >= 0.6 is 0 Å². The molecule has 2 aliphatic heterocycles. The Bertz CT molecular complexity index is 1960. The number of aliphatic hydroxyl groups is 4. The Labute approximate surface area is 292 Å². The fourth-order valence-corrected chi connectivity index (χ4v) is 8.44. The molecule has 2 saturated heterocycles. The van der Waals surface area contributed by atoms with E-state index in [4.69, 9.17) is 9.47 Å². The topological polar surface area (TPSA) is 174 Å². The number of nitrogens with zero attached hydrogens (tertiary/aromatic N) is 1. The maximum Gasteiger partial charge on any atom is 0.233 e. The Hall–Kier alpha value is -4.28. The van der Waals surface area contributed by atoms with Crippen LogP contribution in [0.1, 0.15) is 36.1 Å². The number of phenolic OH excluding ortho intramolecular Hbond substituents is 1. The second-order valence-corrected chi connectivity index (χ2v) is 14.7. The fourth-order valence-electron chi connectivity index (χ4n) is 6.70. The number of methoxy groups -OCH3 is 1. The molecule has 0 saturated carbocycles. The van der Waals surface area contributed by atoms with Gasteiger partial charge in [-0.1, -0.05) is 36.4 Å². The minimum Gasteiger partial charge on any atom is -0.508 e. The van der Waals surface area contributed by atoms with Gasteiger partial charge in [0.25, 0.3) is 0 Å². The number of ether oxygens (including phenoxy) is 2. The zero-order chi connectivity index (χ0) is 36.6. The highest BCUT2D eigenvalue weighted by Crippen LogP contribution is 2.49. The number of halogens is 2. The number of phenols is 1. The number of aliphatic hydroxyl groups excluding tert-OH is 4. The maximum atomic E-state index is 14.4. The van der Waals surface area contributed by atoms with Crippen molar-refractivity contribution in [1.29, 1.82) is 0 Å². The zero-order valence-corrected chi connectivity index (χ0v) is 28.1. The first-order valence-corrected chi connectivity index (χ1v) is 17.8. The molecule has 8 unspecified atom stereocenters. The fraction of sp³-hybridized carbons (Fsp3) is 0.324. The van der Waals surface area contributed by atoms with E-state index in [1.807, 2.05) is 0 Å². The minimum atomic E-state index is -4.45. The Kier molecular flexibility index (Phi) is 10.6. The number of β-lactam (4-membered cyclic amide) rings is 1. The molecule has 14 heteroatoms. The number of aromatic hydroxyl groups is 1. The molecule has 4 aromatic rings. The van der Waals surface area contributed by atoms with Crippen molar-refractivity contribution in [2.24, 2.45) is 5.92 Å². The highest BCUT2D eigenvalue weighted by molar-refractivity contribution is 7.91. The minimum absolute atomic E-state index is 0.00585. The molecule has 0 aromatic heterocycles. The SMILES string of the molecule is COC1OC(CS(=O)(=O)c2cc(-c3ccc(O)cc3)ccc2C2C(CCC(O)c3ccc(F)cc3)C(=O)N2c2ccc(F)cc2)C(O)C(O)C1O. The van der Waals surface area contributed by atoms with E-state index in [1.54, 1.807) is 24.3 Å². The summed E-state index contributed by atoms with van der Waals surface area (Å²) in [5.41, 5.74) is 1.93. The normalized spacial score (nSPS) is 25.7. The van der Waals surface area contributed by atoms with Gasteiger partial charge in [0.05, 0.1) is 28.7 Å². The predicted octanol–water partition coefficient (Wildman–Crippen LogP) is 3.78. The number of carbonyl (C=O) groups excluding carboxylic acids is 1. The third-order valence-corrected chi connectivity index (χ3v) is 11.3. The number of hydrogen-bond acceptors (Lipinski definition) is 10. The Morgan fingerprint density at radius 1 is 0.843 bits per heavy atom. The van der Waals surface area contributed by atoms with Crippen LogP contribution in [0.15, 0.2) is 95.9 Å².